The van der Waals surface area contributed by atoms with Crippen molar-refractivity contribution in [3.05, 3.63) is 59.2 Å². The van der Waals surface area contributed by atoms with Crippen LogP contribution in [0.15, 0.2) is 42.5 Å². The lowest BCUT2D eigenvalue weighted by Crippen LogP contribution is -2.28. The fraction of sp³-hybridized carbons (Fsp3) is 0.333. The van der Waals surface area contributed by atoms with E-state index in [1.807, 2.05) is 30.3 Å². The van der Waals surface area contributed by atoms with Gasteiger partial charge in [0.05, 0.1) is 5.92 Å². The summed E-state index contributed by atoms with van der Waals surface area (Å²) in [7, 11) is 0. The fourth-order valence-electron chi connectivity index (χ4n) is 4.07. The van der Waals surface area contributed by atoms with Gasteiger partial charge < -0.3 is 15.2 Å². The summed E-state index contributed by atoms with van der Waals surface area (Å²) >= 11 is 0. The van der Waals surface area contributed by atoms with E-state index in [9.17, 15) is 9.59 Å². The molecule has 4 rings (SSSR count). The second kappa shape index (κ2) is 5.87. The average molecular weight is 351 g/mol. The highest BCUT2D eigenvalue weighted by molar-refractivity contribution is 6.04. The Morgan fingerprint density at radius 3 is 2.81 bits per heavy atom. The Bertz CT molecular complexity index is 903. The van der Waals surface area contributed by atoms with Crippen molar-refractivity contribution in [2.75, 3.05) is 6.61 Å². The van der Waals surface area contributed by atoms with Crippen LogP contribution >= 0.6 is 0 Å². The number of rotatable bonds is 3. The number of primary amides is 1. The highest BCUT2D eigenvalue weighted by Gasteiger charge is 2.46. The van der Waals surface area contributed by atoms with Crippen molar-refractivity contribution in [2.45, 2.75) is 37.7 Å². The van der Waals surface area contributed by atoms with Crippen LogP contribution in [-0.4, -0.2) is 24.4 Å². The van der Waals surface area contributed by atoms with Crippen LogP contribution in [0.5, 0.6) is 11.5 Å². The van der Waals surface area contributed by atoms with Gasteiger partial charge in [-0.25, -0.2) is 0 Å². The van der Waals surface area contributed by atoms with E-state index < -0.39 is 5.91 Å². The summed E-state index contributed by atoms with van der Waals surface area (Å²) in [5.74, 6) is 0.592. The van der Waals surface area contributed by atoms with E-state index >= 15 is 0 Å². The second-order valence-electron chi connectivity index (χ2n) is 7.59. The molecule has 0 saturated carbocycles. The van der Waals surface area contributed by atoms with Crippen LogP contribution in [0.1, 0.15) is 47.7 Å². The van der Waals surface area contributed by atoms with E-state index in [-0.39, 0.29) is 29.8 Å². The van der Waals surface area contributed by atoms with Crippen molar-refractivity contribution in [2.24, 2.45) is 5.73 Å². The van der Waals surface area contributed by atoms with E-state index in [1.165, 1.54) is 0 Å². The van der Waals surface area contributed by atoms with Crippen molar-refractivity contribution in [3.63, 3.8) is 0 Å². The molecule has 2 unspecified atom stereocenters. The second-order valence-corrected chi connectivity index (χ2v) is 7.59. The van der Waals surface area contributed by atoms with Crippen molar-refractivity contribution < 1.29 is 19.1 Å². The molecular formula is C21H21NO4. The summed E-state index contributed by atoms with van der Waals surface area (Å²) in [5, 5.41) is 0. The van der Waals surface area contributed by atoms with Gasteiger partial charge in [0.1, 0.15) is 17.6 Å². The van der Waals surface area contributed by atoms with Gasteiger partial charge in [-0.2, -0.15) is 0 Å². The monoisotopic (exact) mass is 351 g/mol. The number of fused-ring (bicyclic) bond motifs is 4. The highest BCUT2D eigenvalue weighted by atomic mass is 16.5. The third-order valence-corrected chi connectivity index (χ3v) is 5.26. The van der Waals surface area contributed by atoms with Crippen LogP contribution in [-0.2, 0) is 10.2 Å². The third kappa shape index (κ3) is 2.64. The van der Waals surface area contributed by atoms with Gasteiger partial charge in [-0.1, -0.05) is 32.0 Å². The van der Waals surface area contributed by atoms with Gasteiger partial charge in [0.2, 0.25) is 0 Å². The van der Waals surface area contributed by atoms with Gasteiger partial charge in [0, 0.05) is 11.1 Å². The normalized spacial score (nSPS) is 22.5. The van der Waals surface area contributed by atoms with E-state index in [1.54, 1.807) is 12.1 Å². The third-order valence-electron chi connectivity index (χ3n) is 5.26. The number of carbonyl (C=O) groups is 2. The largest absolute Gasteiger partial charge is 0.489 e. The summed E-state index contributed by atoms with van der Waals surface area (Å²) in [6.07, 6.45) is 0.530. The zero-order valence-corrected chi connectivity index (χ0v) is 14.8. The van der Waals surface area contributed by atoms with Gasteiger partial charge >= 0.3 is 0 Å². The molecule has 1 aliphatic carbocycles. The maximum atomic E-state index is 13.4. The number of hydrogen-bond donors (Lipinski definition) is 1. The molecule has 26 heavy (non-hydrogen) atoms. The molecule has 2 atom stereocenters. The summed E-state index contributed by atoms with van der Waals surface area (Å²) in [4.78, 5) is 24.3. The molecule has 2 aromatic rings. The number of ether oxygens (including phenoxy) is 2. The van der Waals surface area contributed by atoms with Crippen LogP contribution in [0.2, 0.25) is 0 Å². The summed E-state index contributed by atoms with van der Waals surface area (Å²) in [5.41, 5.74) is 7.44. The first-order valence-corrected chi connectivity index (χ1v) is 8.72. The zero-order chi connectivity index (χ0) is 18.5. The molecule has 0 saturated heterocycles. The Balaban J connectivity index is 1.78. The number of carbonyl (C=O) groups excluding carboxylic acids is 2. The Labute approximate surface area is 152 Å². The predicted molar refractivity (Wildman–Crippen MR) is 96.7 cm³/mol. The fourth-order valence-corrected chi connectivity index (χ4v) is 4.07. The molecule has 5 heteroatoms. The Morgan fingerprint density at radius 1 is 1.27 bits per heavy atom. The van der Waals surface area contributed by atoms with E-state index in [4.69, 9.17) is 15.2 Å². The van der Waals surface area contributed by atoms with Gasteiger partial charge in [-0.15, -0.1) is 0 Å². The van der Waals surface area contributed by atoms with Crippen LogP contribution in [0.25, 0.3) is 0 Å². The summed E-state index contributed by atoms with van der Waals surface area (Å²) < 4.78 is 11.6. The first-order chi connectivity index (χ1) is 12.4. The minimum atomic E-state index is -0.533. The van der Waals surface area contributed by atoms with E-state index in [0.29, 0.717) is 17.7 Å². The summed E-state index contributed by atoms with van der Waals surface area (Å²) in [6, 6.07) is 13.1. The van der Waals surface area contributed by atoms with Crippen molar-refractivity contribution in [1.29, 1.82) is 0 Å². The van der Waals surface area contributed by atoms with Gasteiger partial charge in [-0.05, 0) is 41.7 Å². The van der Waals surface area contributed by atoms with Crippen molar-refractivity contribution in [3.8, 4) is 11.5 Å². The Morgan fingerprint density at radius 2 is 2.04 bits per heavy atom. The van der Waals surface area contributed by atoms with Crippen molar-refractivity contribution >= 4 is 11.7 Å². The van der Waals surface area contributed by atoms with Crippen LogP contribution < -0.4 is 15.2 Å². The van der Waals surface area contributed by atoms with Gasteiger partial charge in [-0.3, -0.25) is 9.59 Å². The maximum absolute atomic E-state index is 13.4. The summed E-state index contributed by atoms with van der Waals surface area (Å²) in [6.45, 7) is 4.02. The number of amides is 1. The lowest BCUT2D eigenvalue weighted by Gasteiger charge is -2.28. The predicted octanol–water partition coefficient (Wildman–Crippen LogP) is 2.96. The molecular weight excluding hydrogens is 330 g/mol. The SMILES string of the molecule is CC1(C)CC2Oc3ccccc3C2C(=O)c2ccc(OCC(N)=O)cc21. The molecule has 2 aliphatic rings. The van der Waals surface area contributed by atoms with Gasteiger partial charge in [0.15, 0.2) is 12.4 Å². The maximum Gasteiger partial charge on any atom is 0.255 e. The first-order valence-electron chi connectivity index (χ1n) is 8.72. The number of para-hydroxylation sites is 1. The topological polar surface area (TPSA) is 78.6 Å². The lowest BCUT2D eigenvalue weighted by atomic mass is 9.79. The average Bonchev–Trinajstić information content (AvgIpc) is 2.92. The standard InChI is InChI=1S/C21H21NO4/c1-21(2)10-17-19(14-5-3-4-6-16(14)26-17)20(24)13-8-7-12(9-15(13)21)25-11-18(22)23/h3-9,17,19H,10-11H2,1-2H3,(H2,22,23). The Hall–Kier alpha value is -2.82. The quantitative estimate of drug-likeness (QED) is 0.922. The first kappa shape index (κ1) is 16.6. The van der Waals surface area contributed by atoms with Crippen molar-refractivity contribution in [1.82, 2.24) is 0 Å². The zero-order valence-electron chi connectivity index (χ0n) is 14.8. The smallest absolute Gasteiger partial charge is 0.255 e. The molecule has 0 spiro atoms. The molecule has 2 aromatic carbocycles. The number of ketones is 1. The number of Topliss-reactive ketones (excluding diaryl/α,β-unsaturated/α-hetero) is 1. The van der Waals surface area contributed by atoms with E-state index in [2.05, 4.69) is 13.8 Å². The minimum absolute atomic E-state index is 0.0713. The molecule has 134 valence electrons. The number of hydrogen-bond acceptors (Lipinski definition) is 4. The van der Waals surface area contributed by atoms with Gasteiger partial charge in [0.25, 0.3) is 5.91 Å². The van der Waals surface area contributed by atoms with E-state index in [0.717, 1.165) is 16.9 Å². The molecule has 1 aliphatic heterocycles. The molecule has 1 heterocycles. The van der Waals surface area contributed by atoms with Crippen LogP contribution in [0.4, 0.5) is 0 Å². The number of nitrogens with two attached hydrogens (primary N) is 1. The van der Waals surface area contributed by atoms with Crippen LogP contribution in [0, 0.1) is 0 Å². The molecule has 1 amide bonds. The highest BCUT2D eigenvalue weighted by Crippen LogP contribution is 2.48. The molecule has 0 fully saturated rings. The minimum Gasteiger partial charge on any atom is -0.489 e. The molecule has 5 nitrogen and oxygen atoms in total. The lowest BCUT2D eigenvalue weighted by molar-refractivity contribution is -0.119. The van der Waals surface area contributed by atoms with Crippen LogP contribution in [0.3, 0.4) is 0 Å². The number of benzene rings is 2. The molecule has 0 radical (unpaired) electrons. The molecule has 0 bridgehead atoms. The molecule has 2 N–H and O–H groups in total. The Kier molecular flexibility index (Phi) is 3.75. The molecule has 0 aromatic heterocycles.